The molecule has 1 aromatic rings. The minimum Gasteiger partial charge on any atom is -0.371 e. The molecule has 0 atom stereocenters. The molecule has 0 aromatic carbocycles. The number of aromatic nitrogens is 1. The molecule has 15 heavy (non-hydrogen) atoms. The van der Waals surface area contributed by atoms with Crippen molar-refractivity contribution in [3.05, 3.63) is 18.3 Å². The Balaban J connectivity index is 2.17. The highest BCUT2D eigenvalue weighted by atomic mass is 15.2. The molecule has 0 aliphatic carbocycles. The summed E-state index contributed by atoms with van der Waals surface area (Å²) in [5.41, 5.74) is 1.04. The third-order valence-electron chi connectivity index (χ3n) is 2.57. The Hall–Kier alpha value is -1.69. The second kappa shape index (κ2) is 4.70. The van der Waals surface area contributed by atoms with E-state index in [2.05, 4.69) is 21.1 Å². The molecule has 1 saturated heterocycles. The van der Waals surface area contributed by atoms with E-state index in [9.17, 15) is 0 Å². The summed E-state index contributed by atoms with van der Waals surface area (Å²) in [6.45, 7) is 2.75. The van der Waals surface area contributed by atoms with Crippen molar-refractivity contribution in [2.24, 2.45) is 0 Å². The molecule has 0 spiro atoms. The van der Waals surface area contributed by atoms with E-state index in [4.69, 9.17) is 6.42 Å². The van der Waals surface area contributed by atoms with Gasteiger partial charge in [0.25, 0.3) is 0 Å². The molecule has 1 aliphatic rings. The van der Waals surface area contributed by atoms with Gasteiger partial charge in [0.2, 0.25) is 0 Å². The molecule has 0 unspecified atom stereocenters. The van der Waals surface area contributed by atoms with Crippen molar-refractivity contribution in [2.75, 3.05) is 29.9 Å². The van der Waals surface area contributed by atoms with Gasteiger partial charge in [-0.1, -0.05) is 5.92 Å². The maximum Gasteiger partial charge on any atom is 0.151 e. The first kappa shape index (κ1) is 9.85. The summed E-state index contributed by atoms with van der Waals surface area (Å²) in [5.74, 6) is 3.61. The molecule has 1 aromatic heterocycles. The van der Waals surface area contributed by atoms with Crippen molar-refractivity contribution in [3.8, 4) is 12.3 Å². The number of terminal acetylenes is 1. The average Bonchev–Trinajstić information content (AvgIpc) is 2.80. The summed E-state index contributed by atoms with van der Waals surface area (Å²) in [6.07, 6.45) is 9.57. The summed E-state index contributed by atoms with van der Waals surface area (Å²) in [6, 6.07) is 3.95. The van der Waals surface area contributed by atoms with Crippen LogP contribution in [0.5, 0.6) is 0 Å². The van der Waals surface area contributed by atoms with Crippen LogP contribution in [-0.2, 0) is 0 Å². The standard InChI is InChI=1S/C12H15N3/c1-2-7-13-11-6-5-8-14-12(11)15-9-3-4-10-15/h1,5-6,8,13H,3-4,7,9-10H2. The molecule has 1 fully saturated rings. The van der Waals surface area contributed by atoms with E-state index in [-0.39, 0.29) is 0 Å². The van der Waals surface area contributed by atoms with Crippen LogP contribution in [0.1, 0.15) is 12.8 Å². The number of rotatable bonds is 3. The molecule has 0 amide bonds. The van der Waals surface area contributed by atoms with Crippen LogP contribution in [0.4, 0.5) is 11.5 Å². The van der Waals surface area contributed by atoms with Gasteiger partial charge in [0.1, 0.15) is 0 Å². The van der Waals surface area contributed by atoms with Gasteiger partial charge in [-0.05, 0) is 25.0 Å². The highest BCUT2D eigenvalue weighted by Gasteiger charge is 2.16. The maximum absolute atomic E-state index is 5.23. The highest BCUT2D eigenvalue weighted by Crippen LogP contribution is 2.25. The zero-order valence-corrected chi connectivity index (χ0v) is 8.74. The number of hydrogen-bond donors (Lipinski definition) is 1. The Labute approximate surface area is 90.5 Å². The maximum atomic E-state index is 5.23. The first-order chi connectivity index (χ1) is 7.42. The third-order valence-corrected chi connectivity index (χ3v) is 2.57. The van der Waals surface area contributed by atoms with E-state index in [0.29, 0.717) is 6.54 Å². The van der Waals surface area contributed by atoms with Crippen molar-refractivity contribution < 1.29 is 0 Å². The molecule has 3 heteroatoms. The van der Waals surface area contributed by atoms with Gasteiger partial charge in [-0.3, -0.25) is 0 Å². The van der Waals surface area contributed by atoms with Crippen LogP contribution in [0, 0.1) is 12.3 Å². The lowest BCUT2D eigenvalue weighted by atomic mass is 10.3. The van der Waals surface area contributed by atoms with Crippen LogP contribution in [0.2, 0.25) is 0 Å². The summed E-state index contributed by atoms with van der Waals surface area (Å²) in [4.78, 5) is 6.71. The minimum atomic E-state index is 0.548. The lowest BCUT2D eigenvalue weighted by Gasteiger charge is -2.19. The number of nitrogens with one attached hydrogen (secondary N) is 1. The normalized spacial score (nSPS) is 15.0. The third kappa shape index (κ3) is 2.21. The van der Waals surface area contributed by atoms with Crippen LogP contribution in [-0.4, -0.2) is 24.6 Å². The number of anilines is 2. The van der Waals surface area contributed by atoms with Crippen LogP contribution < -0.4 is 10.2 Å². The second-order valence-corrected chi connectivity index (χ2v) is 3.63. The molecule has 1 N–H and O–H groups in total. The predicted molar refractivity (Wildman–Crippen MR) is 63.0 cm³/mol. The fraction of sp³-hybridized carbons (Fsp3) is 0.417. The molecular formula is C12H15N3. The smallest absolute Gasteiger partial charge is 0.151 e. The Morgan fingerprint density at radius 2 is 2.27 bits per heavy atom. The summed E-state index contributed by atoms with van der Waals surface area (Å²) in [7, 11) is 0. The van der Waals surface area contributed by atoms with E-state index in [1.54, 1.807) is 0 Å². The molecule has 3 nitrogen and oxygen atoms in total. The molecule has 1 aliphatic heterocycles. The van der Waals surface area contributed by atoms with Gasteiger partial charge >= 0.3 is 0 Å². The quantitative estimate of drug-likeness (QED) is 0.755. The van der Waals surface area contributed by atoms with Crippen molar-refractivity contribution in [2.45, 2.75) is 12.8 Å². The average molecular weight is 201 g/mol. The van der Waals surface area contributed by atoms with E-state index in [0.717, 1.165) is 24.6 Å². The molecule has 78 valence electrons. The van der Waals surface area contributed by atoms with Crippen LogP contribution >= 0.6 is 0 Å². The zero-order chi connectivity index (χ0) is 10.5. The Bertz CT molecular complexity index is 361. The SMILES string of the molecule is C#CCNc1cccnc1N1CCCC1. The molecule has 0 saturated carbocycles. The van der Waals surface area contributed by atoms with Gasteiger partial charge in [0, 0.05) is 19.3 Å². The fourth-order valence-electron chi connectivity index (χ4n) is 1.86. The summed E-state index contributed by atoms with van der Waals surface area (Å²) >= 11 is 0. The van der Waals surface area contributed by atoms with Gasteiger partial charge < -0.3 is 10.2 Å². The Morgan fingerprint density at radius 1 is 1.47 bits per heavy atom. The minimum absolute atomic E-state index is 0.548. The summed E-state index contributed by atoms with van der Waals surface area (Å²) < 4.78 is 0. The summed E-state index contributed by atoms with van der Waals surface area (Å²) in [5, 5.41) is 3.20. The van der Waals surface area contributed by atoms with Gasteiger partial charge in [0.05, 0.1) is 12.2 Å². The van der Waals surface area contributed by atoms with Gasteiger partial charge in [-0.15, -0.1) is 6.42 Å². The van der Waals surface area contributed by atoms with Crippen molar-refractivity contribution >= 4 is 11.5 Å². The van der Waals surface area contributed by atoms with Gasteiger partial charge in [-0.2, -0.15) is 0 Å². The van der Waals surface area contributed by atoms with Gasteiger partial charge in [-0.25, -0.2) is 4.98 Å². The number of pyridine rings is 1. The second-order valence-electron chi connectivity index (χ2n) is 3.63. The van der Waals surface area contributed by atoms with Crippen molar-refractivity contribution in [1.29, 1.82) is 0 Å². The fourth-order valence-corrected chi connectivity index (χ4v) is 1.86. The van der Waals surface area contributed by atoms with Crippen molar-refractivity contribution in [3.63, 3.8) is 0 Å². The molecule has 2 heterocycles. The number of hydrogen-bond acceptors (Lipinski definition) is 3. The van der Waals surface area contributed by atoms with Crippen LogP contribution in [0.3, 0.4) is 0 Å². The predicted octanol–water partition coefficient (Wildman–Crippen LogP) is 1.73. The van der Waals surface area contributed by atoms with Gasteiger partial charge in [0.15, 0.2) is 5.82 Å². The monoisotopic (exact) mass is 201 g/mol. The zero-order valence-electron chi connectivity index (χ0n) is 8.74. The molecular weight excluding hydrogens is 186 g/mol. The first-order valence-corrected chi connectivity index (χ1v) is 5.29. The van der Waals surface area contributed by atoms with Crippen LogP contribution in [0.25, 0.3) is 0 Å². The largest absolute Gasteiger partial charge is 0.371 e. The lowest BCUT2D eigenvalue weighted by Crippen LogP contribution is -2.20. The number of nitrogens with zero attached hydrogens (tertiary/aromatic N) is 2. The van der Waals surface area contributed by atoms with Crippen LogP contribution in [0.15, 0.2) is 18.3 Å². The van der Waals surface area contributed by atoms with E-state index in [1.165, 1.54) is 12.8 Å². The van der Waals surface area contributed by atoms with E-state index >= 15 is 0 Å². The molecule has 2 rings (SSSR count). The van der Waals surface area contributed by atoms with E-state index in [1.807, 2.05) is 18.3 Å². The highest BCUT2D eigenvalue weighted by molar-refractivity contribution is 5.66. The Kier molecular flexibility index (Phi) is 3.08. The lowest BCUT2D eigenvalue weighted by molar-refractivity contribution is 0.938. The Morgan fingerprint density at radius 3 is 3.00 bits per heavy atom. The topological polar surface area (TPSA) is 28.2 Å². The van der Waals surface area contributed by atoms with E-state index < -0.39 is 0 Å². The molecule has 0 radical (unpaired) electrons. The van der Waals surface area contributed by atoms with Crippen molar-refractivity contribution in [1.82, 2.24) is 4.98 Å². The first-order valence-electron chi connectivity index (χ1n) is 5.29. The molecule has 0 bridgehead atoms.